The first-order valence-electron chi connectivity index (χ1n) is 8.95. The summed E-state index contributed by atoms with van der Waals surface area (Å²) in [6.07, 6.45) is 2.39. The summed E-state index contributed by atoms with van der Waals surface area (Å²) in [4.78, 5) is 51.2. The Kier molecular flexibility index (Phi) is 5.77. The first-order chi connectivity index (χ1) is 13.9. The predicted octanol–water partition coefficient (Wildman–Crippen LogP) is 2.93. The Labute approximate surface area is 165 Å². The predicted molar refractivity (Wildman–Crippen MR) is 107 cm³/mol. The van der Waals surface area contributed by atoms with E-state index in [-0.39, 0.29) is 29.3 Å². The first kappa shape index (κ1) is 19.9. The summed E-state index contributed by atoms with van der Waals surface area (Å²) in [7, 11) is 0. The standard InChI is InChI=1S/C20H18N4O5/c1-2-3-19(26)22-14-6-4-13(5-7-14)18(25)11-23-12-21-17-9-8-15(24(28)29)10-16(17)20(23)27/h4-10,12H,2-3,11H2,1H3,(H,22,26). The van der Waals surface area contributed by atoms with Gasteiger partial charge in [0.05, 0.1) is 28.7 Å². The van der Waals surface area contributed by atoms with E-state index in [2.05, 4.69) is 10.3 Å². The van der Waals surface area contributed by atoms with Crippen molar-refractivity contribution < 1.29 is 14.5 Å². The molecule has 0 aliphatic rings. The third kappa shape index (κ3) is 4.52. The number of ketones is 1. The molecular formula is C20H18N4O5. The number of amides is 1. The highest BCUT2D eigenvalue weighted by Crippen LogP contribution is 2.16. The molecule has 0 radical (unpaired) electrons. The van der Waals surface area contributed by atoms with Crippen LogP contribution in [0.2, 0.25) is 0 Å². The van der Waals surface area contributed by atoms with Crippen molar-refractivity contribution in [2.24, 2.45) is 0 Å². The summed E-state index contributed by atoms with van der Waals surface area (Å²) in [6.45, 7) is 1.65. The highest BCUT2D eigenvalue weighted by atomic mass is 16.6. The molecule has 0 aliphatic heterocycles. The molecule has 1 heterocycles. The lowest BCUT2D eigenvalue weighted by atomic mass is 10.1. The van der Waals surface area contributed by atoms with E-state index in [1.807, 2.05) is 6.92 Å². The second kappa shape index (κ2) is 8.42. The summed E-state index contributed by atoms with van der Waals surface area (Å²) in [5.41, 5.74) is 0.509. The number of fused-ring (bicyclic) bond motifs is 1. The van der Waals surface area contributed by atoms with Crippen molar-refractivity contribution in [3.8, 4) is 0 Å². The molecule has 1 N–H and O–H groups in total. The van der Waals surface area contributed by atoms with E-state index >= 15 is 0 Å². The first-order valence-corrected chi connectivity index (χ1v) is 8.95. The Bertz CT molecular complexity index is 1150. The number of aromatic nitrogens is 2. The SMILES string of the molecule is CCCC(=O)Nc1ccc(C(=O)Cn2cnc3ccc([N+](=O)[O-])cc3c2=O)cc1. The average Bonchev–Trinajstić information content (AvgIpc) is 2.70. The molecule has 9 nitrogen and oxygen atoms in total. The summed E-state index contributed by atoms with van der Waals surface area (Å²) in [5.74, 6) is -0.431. The molecule has 0 fully saturated rings. The van der Waals surface area contributed by atoms with Crippen LogP contribution in [0.1, 0.15) is 30.1 Å². The smallest absolute Gasteiger partial charge is 0.270 e. The highest BCUT2D eigenvalue weighted by Gasteiger charge is 2.13. The highest BCUT2D eigenvalue weighted by molar-refractivity contribution is 5.97. The van der Waals surface area contributed by atoms with Gasteiger partial charge in [0.2, 0.25) is 5.91 Å². The number of anilines is 1. The van der Waals surface area contributed by atoms with Gasteiger partial charge >= 0.3 is 0 Å². The van der Waals surface area contributed by atoms with E-state index in [1.54, 1.807) is 24.3 Å². The van der Waals surface area contributed by atoms with Gasteiger partial charge in [-0.05, 0) is 36.8 Å². The van der Waals surface area contributed by atoms with Gasteiger partial charge in [0, 0.05) is 29.8 Å². The lowest BCUT2D eigenvalue weighted by Gasteiger charge is -2.08. The Morgan fingerprint density at radius 2 is 1.90 bits per heavy atom. The van der Waals surface area contributed by atoms with Crippen LogP contribution in [0.5, 0.6) is 0 Å². The fourth-order valence-electron chi connectivity index (χ4n) is 2.81. The summed E-state index contributed by atoms with van der Waals surface area (Å²) >= 11 is 0. The number of carbonyl (C=O) groups excluding carboxylic acids is 2. The molecule has 0 spiro atoms. The lowest BCUT2D eigenvalue weighted by Crippen LogP contribution is -2.24. The van der Waals surface area contributed by atoms with Crippen molar-refractivity contribution in [3.05, 3.63) is 74.8 Å². The molecule has 0 aliphatic carbocycles. The fraction of sp³-hybridized carbons (Fsp3) is 0.200. The third-order valence-corrected chi connectivity index (χ3v) is 4.30. The average molecular weight is 394 g/mol. The van der Waals surface area contributed by atoms with Crippen LogP contribution in [-0.2, 0) is 11.3 Å². The Morgan fingerprint density at radius 3 is 2.55 bits per heavy atom. The Hall–Kier alpha value is -3.88. The molecule has 148 valence electrons. The largest absolute Gasteiger partial charge is 0.326 e. The minimum Gasteiger partial charge on any atom is -0.326 e. The number of benzene rings is 2. The monoisotopic (exact) mass is 394 g/mol. The molecule has 29 heavy (non-hydrogen) atoms. The normalized spacial score (nSPS) is 10.7. The molecule has 3 aromatic rings. The van der Waals surface area contributed by atoms with Gasteiger partial charge in [0.1, 0.15) is 0 Å². The molecule has 0 bridgehead atoms. The van der Waals surface area contributed by atoms with Crippen LogP contribution in [0.4, 0.5) is 11.4 Å². The molecule has 1 amide bonds. The van der Waals surface area contributed by atoms with Gasteiger partial charge in [-0.1, -0.05) is 6.92 Å². The van der Waals surface area contributed by atoms with E-state index in [0.717, 1.165) is 17.1 Å². The van der Waals surface area contributed by atoms with Gasteiger partial charge < -0.3 is 5.32 Å². The maximum absolute atomic E-state index is 12.6. The summed E-state index contributed by atoms with van der Waals surface area (Å²) in [5, 5.41) is 13.7. The number of rotatable bonds is 7. The second-order valence-electron chi connectivity index (χ2n) is 6.43. The van der Waals surface area contributed by atoms with E-state index in [9.17, 15) is 24.5 Å². The number of carbonyl (C=O) groups is 2. The van der Waals surface area contributed by atoms with Crippen molar-refractivity contribution in [2.45, 2.75) is 26.3 Å². The second-order valence-corrected chi connectivity index (χ2v) is 6.43. The molecule has 0 unspecified atom stereocenters. The van der Waals surface area contributed by atoms with Crippen LogP contribution in [0.25, 0.3) is 10.9 Å². The van der Waals surface area contributed by atoms with Crippen LogP contribution in [0.3, 0.4) is 0 Å². The molecule has 9 heteroatoms. The molecule has 3 rings (SSSR count). The fourth-order valence-corrected chi connectivity index (χ4v) is 2.81. The van der Waals surface area contributed by atoms with Gasteiger partial charge in [0.15, 0.2) is 5.78 Å². The van der Waals surface area contributed by atoms with Crippen molar-refractivity contribution in [2.75, 3.05) is 5.32 Å². The zero-order valence-corrected chi connectivity index (χ0v) is 15.6. The quantitative estimate of drug-likeness (QED) is 0.373. The lowest BCUT2D eigenvalue weighted by molar-refractivity contribution is -0.384. The molecule has 1 aromatic heterocycles. The number of hydrogen-bond acceptors (Lipinski definition) is 6. The molecule has 0 saturated heterocycles. The zero-order valence-electron chi connectivity index (χ0n) is 15.6. The third-order valence-electron chi connectivity index (χ3n) is 4.30. The number of nitro groups is 1. The van der Waals surface area contributed by atoms with E-state index in [0.29, 0.717) is 23.2 Å². The number of non-ortho nitro benzene ring substituents is 1. The van der Waals surface area contributed by atoms with E-state index < -0.39 is 10.5 Å². The maximum atomic E-state index is 12.6. The van der Waals surface area contributed by atoms with Crippen LogP contribution in [0.15, 0.2) is 53.6 Å². The minimum atomic E-state index is -0.595. The van der Waals surface area contributed by atoms with Crippen molar-refractivity contribution in [3.63, 3.8) is 0 Å². The van der Waals surface area contributed by atoms with E-state index in [4.69, 9.17) is 0 Å². The topological polar surface area (TPSA) is 124 Å². The van der Waals surface area contributed by atoms with Gasteiger partial charge in [-0.25, -0.2) is 4.98 Å². The van der Waals surface area contributed by atoms with Gasteiger partial charge in [-0.3, -0.25) is 29.1 Å². The van der Waals surface area contributed by atoms with Gasteiger partial charge in [-0.15, -0.1) is 0 Å². The van der Waals surface area contributed by atoms with Crippen LogP contribution in [-0.4, -0.2) is 26.2 Å². The van der Waals surface area contributed by atoms with E-state index in [1.165, 1.54) is 18.5 Å². The summed E-state index contributed by atoms with van der Waals surface area (Å²) in [6, 6.07) is 10.2. The minimum absolute atomic E-state index is 0.0727. The molecular weight excluding hydrogens is 376 g/mol. The van der Waals surface area contributed by atoms with Crippen LogP contribution >= 0.6 is 0 Å². The van der Waals surface area contributed by atoms with Crippen molar-refractivity contribution in [1.29, 1.82) is 0 Å². The Morgan fingerprint density at radius 1 is 1.17 bits per heavy atom. The van der Waals surface area contributed by atoms with Crippen LogP contribution < -0.4 is 10.9 Å². The number of nitro benzene ring substituents is 1. The number of nitrogens with zero attached hydrogens (tertiary/aromatic N) is 3. The summed E-state index contributed by atoms with van der Waals surface area (Å²) < 4.78 is 1.12. The zero-order chi connectivity index (χ0) is 21.0. The Balaban J connectivity index is 1.80. The van der Waals surface area contributed by atoms with Gasteiger partial charge in [0.25, 0.3) is 11.2 Å². The van der Waals surface area contributed by atoms with Crippen molar-refractivity contribution >= 4 is 34.0 Å². The molecule has 0 atom stereocenters. The van der Waals surface area contributed by atoms with Gasteiger partial charge in [-0.2, -0.15) is 0 Å². The number of hydrogen-bond donors (Lipinski definition) is 1. The molecule has 0 saturated carbocycles. The van der Waals surface area contributed by atoms with Crippen LogP contribution in [0, 0.1) is 10.1 Å². The number of Topliss-reactive ketones (excluding diaryl/α,β-unsaturated/α-hetero) is 1. The number of nitrogens with one attached hydrogen (secondary N) is 1. The van der Waals surface area contributed by atoms with Crippen molar-refractivity contribution in [1.82, 2.24) is 9.55 Å². The molecule has 2 aromatic carbocycles. The maximum Gasteiger partial charge on any atom is 0.270 e.